The fourth-order valence-electron chi connectivity index (χ4n) is 3.93. The van der Waals surface area contributed by atoms with Crippen LogP contribution in [0.15, 0.2) is 16.3 Å². The summed E-state index contributed by atoms with van der Waals surface area (Å²) < 4.78 is 32.7. The van der Waals surface area contributed by atoms with Crippen molar-refractivity contribution in [3.05, 3.63) is 17.0 Å². The number of carbonyl (C=O) groups is 2. The third kappa shape index (κ3) is 4.58. The minimum Gasteiger partial charge on any atom is -0.466 e. The highest BCUT2D eigenvalue weighted by Crippen LogP contribution is 2.29. The summed E-state index contributed by atoms with van der Waals surface area (Å²) in [6, 6.07) is 3.43. The largest absolute Gasteiger partial charge is 0.466 e. The number of nitrogens with zero attached hydrogens (tertiary/aromatic N) is 2. The maximum Gasteiger partial charge on any atom is 0.310 e. The summed E-state index contributed by atoms with van der Waals surface area (Å²) in [5.74, 6) is -0.933. The summed E-state index contributed by atoms with van der Waals surface area (Å²) in [6.07, 6.45) is 2.83. The zero-order valence-corrected chi connectivity index (χ0v) is 18.1. The Hall–Kier alpha value is -1.45. The molecule has 2 fully saturated rings. The van der Waals surface area contributed by atoms with Crippen LogP contribution in [-0.2, 0) is 24.3 Å². The van der Waals surface area contributed by atoms with Crippen molar-refractivity contribution >= 4 is 33.2 Å². The Balaban J connectivity index is 1.66. The van der Waals surface area contributed by atoms with Gasteiger partial charge in [-0.2, -0.15) is 4.31 Å². The van der Waals surface area contributed by atoms with Crippen molar-refractivity contribution in [2.24, 2.45) is 11.8 Å². The number of amides is 1. The van der Waals surface area contributed by atoms with Gasteiger partial charge in [0.05, 0.1) is 18.4 Å². The quantitative estimate of drug-likeness (QED) is 0.672. The van der Waals surface area contributed by atoms with E-state index in [1.54, 1.807) is 24.0 Å². The highest BCUT2D eigenvalue weighted by molar-refractivity contribution is 7.91. The maximum absolute atomic E-state index is 13.0. The fourth-order valence-corrected chi connectivity index (χ4v) is 6.89. The second kappa shape index (κ2) is 8.92. The van der Waals surface area contributed by atoms with Gasteiger partial charge in [0.25, 0.3) is 10.0 Å². The van der Waals surface area contributed by atoms with Crippen LogP contribution in [0.5, 0.6) is 0 Å². The molecule has 1 aromatic rings. The lowest BCUT2D eigenvalue weighted by Gasteiger charge is -2.37. The van der Waals surface area contributed by atoms with Crippen LogP contribution in [0.4, 0.5) is 0 Å². The number of likely N-dealkylation sites (tertiary alicyclic amines) is 1. The summed E-state index contributed by atoms with van der Waals surface area (Å²) in [7, 11) is -3.56. The SMILES string of the molecule is CCOC(=O)[C@@H]1CCCN(C(=O)[C@H]2CCCN(S(=O)(=O)c3ccc(C)s3)C2)C1. The standard InChI is InChI=1S/C19H28N2O5S2/c1-3-26-19(23)16-7-4-10-20(12-16)18(22)15-6-5-11-21(13-15)28(24,25)17-9-8-14(2)27-17/h8-9,15-16H,3-7,10-13H2,1-2H3/t15-,16+/m0/s1. The number of hydrogen-bond donors (Lipinski definition) is 0. The number of rotatable bonds is 5. The number of carbonyl (C=O) groups excluding carboxylic acids is 2. The Morgan fingerprint density at radius 2 is 1.86 bits per heavy atom. The Morgan fingerprint density at radius 3 is 2.54 bits per heavy atom. The lowest BCUT2D eigenvalue weighted by molar-refractivity contribution is -0.152. The number of esters is 1. The lowest BCUT2D eigenvalue weighted by atomic mass is 9.94. The molecule has 3 heterocycles. The van der Waals surface area contributed by atoms with Crippen molar-refractivity contribution in [2.75, 3.05) is 32.8 Å². The summed E-state index contributed by atoms with van der Waals surface area (Å²) in [5, 5.41) is 0. The molecule has 1 aromatic heterocycles. The third-order valence-electron chi connectivity index (χ3n) is 5.40. The van der Waals surface area contributed by atoms with Gasteiger partial charge in [0.2, 0.25) is 5.91 Å². The Morgan fingerprint density at radius 1 is 1.14 bits per heavy atom. The predicted octanol–water partition coefficient (Wildman–Crippen LogP) is 2.26. The van der Waals surface area contributed by atoms with E-state index in [9.17, 15) is 18.0 Å². The van der Waals surface area contributed by atoms with Crippen LogP contribution in [0.3, 0.4) is 0 Å². The Labute approximate surface area is 170 Å². The average molecular weight is 429 g/mol. The smallest absolute Gasteiger partial charge is 0.310 e. The zero-order chi connectivity index (χ0) is 20.3. The molecule has 0 spiro atoms. The van der Waals surface area contributed by atoms with Crippen molar-refractivity contribution in [3.63, 3.8) is 0 Å². The molecule has 0 aromatic carbocycles. The number of ether oxygens (including phenoxy) is 1. The molecular formula is C19H28N2O5S2. The third-order valence-corrected chi connectivity index (χ3v) is 8.73. The predicted molar refractivity (Wildman–Crippen MR) is 106 cm³/mol. The van der Waals surface area contributed by atoms with Gasteiger partial charge in [-0.05, 0) is 51.7 Å². The molecular weight excluding hydrogens is 400 g/mol. The van der Waals surface area contributed by atoms with Gasteiger partial charge in [-0.3, -0.25) is 9.59 Å². The van der Waals surface area contributed by atoms with Gasteiger partial charge in [0, 0.05) is 31.1 Å². The van der Waals surface area contributed by atoms with Crippen LogP contribution in [-0.4, -0.2) is 62.3 Å². The van der Waals surface area contributed by atoms with Gasteiger partial charge in [-0.1, -0.05) is 0 Å². The first-order valence-electron chi connectivity index (χ1n) is 9.85. The van der Waals surface area contributed by atoms with Crippen LogP contribution < -0.4 is 0 Å². The second-order valence-electron chi connectivity index (χ2n) is 7.44. The molecule has 0 radical (unpaired) electrons. The molecule has 0 unspecified atom stereocenters. The average Bonchev–Trinajstić information content (AvgIpc) is 3.15. The first kappa shape index (κ1) is 21.3. The fraction of sp³-hybridized carbons (Fsp3) is 0.684. The maximum atomic E-state index is 13.0. The molecule has 156 valence electrons. The summed E-state index contributed by atoms with van der Waals surface area (Å²) in [4.78, 5) is 27.8. The first-order valence-corrected chi connectivity index (χ1v) is 12.1. The lowest BCUT2D eigenvalue weighted by Crippen LogP contribution is -2.50. The molecule has 2 aliphatic heterocycles. The van der Waals surface area contributed by atoms with E-state index in [-0.39, 0.29) is 30.3 Å². The molecule has 2 saturated heterocycles. The van der Waals surface area contributed by atoms with E-state index in [1.165, 1.54) is 15.6 Å². The number of sulfonamides is 1. The summed E-state index contributed by atoms with van der Waals surface area (Å²) in [6.45, 7) is 5.61. The van der Waals surface area contributed by atoms with Gasteiger partial charge < -0.3 is 9.64 Å². The molecule has 0 bridgehead atoms. The van der Waals surface area contributed by atoms with Gasteiger partial charge in [-0.25, -0.2) is 8.42 Å². The molecule has 2 aliphatic rings. The molecule has 2 atom stereocenters. The van der Waals surface area contributed by atoms with Crippen LogP contribution in [0, 0.1) is 18.8 Å². The number of hydrogen-bond acceptors (Lipinski definition) is 6. The highest BCUT2D eigenvalue weighted by atomic mass is 32.2. The molecule has 0 aliphatic carbocycles. The van der Waals surface area contributed by atoms with E-state index in [1.807, 2.05) is 6.92 Å². The topological polar surface area (TPSA) is 84.0 Å². The summed E-state index contributed by atoms with van der Waals surface area (Å²) in [5.41, 5.74) is 0. The van der Waals surface area contributed by atoms with Crippen LogP contribution in [0.1, 0.15) is 37.5 Å². The second-order valence-corrected chi connectivity index (χ2v) is 10.9. The molecule has 0 saturated carbocycles. The van der Waals surface area contributed by atoms with Gasteiger partial charge >= 0.3 is 5.97 Å². The van der Waals surface area contributed by atoms with Crippen molar-refractivity contribution in [1.29, 1.82) is 0 Å². The van der Waals surface area contributed by atoms with Gasteiger partial charge in [-0.15, -0.1) is 11.3 Å². The molecule has 28 heavy (non-hydrogen) atoms. The molecule has 7 nitrogen and oxygen atoms in total. The van der Waals surface area contributed by atoms with Crippen LogP contribution in [0.25, 0.3) is 0 Å². The minimum absolute atomic E-state index is 0.0451. The van der Waals surface area contributed by atoms with E-state index >= 15 is 0 Å². The van der Waals surface area contributed by atoms with E-state index in [4.69, 9.17) is 4.74 Å². The van der Waals surface area contributed by atoms with Crippen molar-refractivity contribution in [2.45, 2.75) is 43.7 Å². The first-order chi connectivity index (χ1) is 13.3. The van der Waals surface area contributed by atoms with E-state index in [2.05, 4.69) is 0 Å². The number of piperidine rings is 2. The van der Waals surface area contributed by atoms with Crippen LogP contribution >= 0.6 is 11.3 Å². The van der Waals surface area contributed by atoms with Crippen molar-refractivity contribution in [1.82, 2.24) is 9.21 Å². The van der Waals surface area contributed by atoms with Gasteiger partial charge in [0.15, 0.2) is 0 Å². The molecule has 3 rings (SSSR count). The normalized spacial score (nSPS) is 24.1. The Kier molecular flexibility index (Phi) is 6.77. The van der Waals surface area contributed by atoms with Crippen molar-refractivity contribution in [3.8, 4) is 0 Å². The van der Waals surface area contributed by atoms with E-state index in [0.717, 1.165) is 17.7 Å². The minimum atomic E-state index is -3.56. The number of aryl methyl sites for hydroxylation is 1. The van der Waals surface area contributed by atoms with E-state index < -0.39 is 10.0 Å². The molecule has 9 heteroatoms. The van der Waals surface area contributed by atoms with Crippen LogP contribution in [0.2, 0.25) is 0 Å². The van der Waals surface area contributed by atoms with Gasteiger partial charge in [0.1, 0.15) is 4.21 Å². The summed E-state index contributed by atoms with van der Waals surface area (Å²) >= 11 is 1.26. The van der Waals surface area contributed by atoms with Crippen molar-refractivity contribution < 1.29 is 22.7 Å². The monoisotopic (exact) mass is 428 g/mol. The number of thiophene rings is 1. The van der Waals surface area contributed by atoms with E-state index in [0.29, 0.717) is 43.3 Å². The Bertz CT molecular complexity index is 820. The molecule has 1 amide bonds. The molecule has 0 N–H and O–H groups in total. The highest BCUT2D eigenvalue weighted by Gasteiger charge is 2.37. The zero-order valence-electron chi connectivity index (χ0n) is 16.4.